The molecular weight excluding hydrogens is 482 g/mol. The highest BCUT2D eigenvalue weighted by Gasteiger charge is 2.52. The fourth-order valence-corrected chi connectivity index (χ4v) is 5.73. The highest BCUT2D eigenvalue weighted by Crippen LogP contribution is 2.54. The lowest BCUT2D eigenvalue weighted by Crippen LogP contribution is -2.38. The van der Waals surface area contributed by atoms with Gasteiger partial charge in [-0.25, -0.2) is 0 Å². The molecule has 5 nitrogen and oxygen atoms in total. The minimum absolute atomic E-state index is 0.0137. The van der Waals surface area contributed by atoms with Gasteiger partial charge in [-0.3, -0.25) is 4.55 Å². The van der Waals surface area contributed by atoms with Gasteiger partial charge in [-0.1, -0.05) is 76.7 Å². The number of halogens is 4. The maximum Gasteiger partial charge on any atom is 0.283 e. The average Bonchev–Trinajstić information content (AvgIpc) is 2.62. The lowest BCUT2D eigenvalue weighted by atomic mass is 9.83. The molecule has 3 N–H and O–H groups in total. The fraction of sp³-hybridized carbons (Fsp3) is 0.0526. The first-order valence-corrected chi connectivity index (χ1v) is 10.8. The van der Waals surface area contributed by atoms with Crippen molar-refractivity contribution in [1.82, 2.24) is 0 Å². The van der Waals surface area contributed by atoms with Crippen molar-refractivity contribution in [2.75, 3.05) is 0 Å². The van der Waals surface area contributed by atoms with Crippen LogP contribution in [0.15, 0.2) is 54.6 Å². The number of hydrogen-bond donors (Lipinski definition) is 3. The lowest BCUT2D eigenvalue weighted by Gasteiger charge is -2.34. The predicted octanol–water partition coefficient (Wildman–Crippen LogP) is 5.89. The van der Waals surface area contributed by atoms with Crippen LogP contribution in [-0.4, -0.2) is 23.2 Å². The SMILES string of the molecule is O=S(=O)(O)C(c1ccccc1)(c1cc(Cl)cc(Cl)c1)c1c(Cl)cc(Cl)c(O)c1O. The van der Waals surface area contributed by atoms with Gasteiger partial charge in [-0.05, 0) is 35.4 Å². The van der Waals surface area contributed by atoms with Crippen molar-refractivity contribution in [3.05, 3.63) is 91.4 Å². The van der Waals surface area contributed by atoms with Gasteiger partial charge in [0, 0.05) is 15.6 Å². The molecule has 0 heterocycles. The number of benzene rings is 3. The summed E-state index contributed by atoms with van der Waals surface area (Å²) in [5.74, 6) is -1.72. The molecule has 0 aliphatic heterocycles. The van der Waals surface area contributed by atoms with E-state index in [0.717, 1.165) is 6.07 Å². The van der Waals surface area contributed by atoms with E-state index in [1.807, 2.05) is 0 Å². The van der Waals surface area contributed by atoms with Crippen LogP contribution < -0.4 is 0 Å². The minimum atomic E-state index is -5.11. The van der Waals surface area contributed by atoms with E-state index in [9.17, 15) is 23.2 Å². The van der Waals surface area contributed by atoms with Gasteiger partial charge in [-0.2, -0.15) is 8.42 Å². The van der Waals surface area contributed by atoms with Crippen molar-refractivity contribution in [2.24, 2.45) is 0 Å². The topological polar surface area (TPSA) is 94.8 Å². The molecule has 3 aromatic carbocycles. The first kappa shape index (κ1) is 22.0. The number of aromatic hydroxyl groups is 2. The first-order valence-electron chi connectivity index (χ1n) is 7.89. The lowest BCUT2D eigenvalue weighted by molar-refractivity contribution is 0.394. The second-order valence-corrected chi connectivity index (χ2v) is 9.34. The van der Waals surface area contributed by atoms with Gasteiger partial charge in [0.25, 0.3) is 10.1 Å². The van der Waals surface area contributed by atoms with Gasteiger partial charge in [0.05, 0.1) is 10.0 Å². The van der Waals surface area contributed by atoms with Crippen LogP contribution in [0.1, 0.15) is 16.7 Å². The highest BCUT2D eigenvalue weighted by molar-refractivity contribution is 7.87. The van der Waals surface area contributed by atoms with Crippen LogP contribution in [0, 0.1) is 0 Å². The summed E-state index contributed by atoms with van der Waals surface area (Å²) >= 11 is 24.3. The third-order valence-corrected chi connectivity index (χ3v) is 6.84. The Morgan fingerprint density at radius 3 is 1.79 bits per heavy atom. The summed E-state index contributed by atoms with van der Waals surface area (Å²) in [5.41, 5.74) is -0.601. The standard InChI is InChI=1S/C19H12Cl4O5S/c20-12-6-11(7-13(21)8-12)19(29(26,27)28,10-4-2-1-3-5-10)16-14(22)9-15(23)17(24)18(16)25/h1-9,24-25H,(H,26,27,28). The molecule has 29 heavy (non-hydrogen) atoms. The van der Waals surface area contributed by atoms with E-state index >= 15 is 0 Å². The van der Waals surface area contributed by atoms with Crippen LogP contribution in [0.5, 0.6) is 11.5 Å². The molecule has 0 aromatic heterocycles. The Bertz CT molecular complexity index is 1180. The average molecular weight is 494 g/mol. The maximum atomic E-state index is 13.0. The largest absolute Gasteiger partial charge is 0.504 e. The fourth-order valence-electron chi connectivity index (χ4n) is 3.24. The van der Waals surface area contributed by atoms with Gasteiger partial charge in [0.2, 0.25) is 0 Å². The molecule has 0 saturated carbocycles. The molecule has 0 aliphatic carbocycles. The summed E-state index contributed by atoms with van der Waals surface area (Å²) in [6.45, 7) is 0. The second kappa shape index (κ2) is 7.87. The van der Waals surface area contributed by atoms with Gasteiger partial charge in [-0.15, -0.1) is 0 Å². The van der Waals surface area contributed by atoms with Crippen LogP contribution in [0.25, 0.3) is 0 Å². The summed E-state index contributed by atoms with van der Waals surface area (Å²) in [6.07, 6.45) is 0. The molecule has 0 fully saturated rings. The van der Waals surface area contributed by atoms with Crippen molar-refractivity contribution in [2.45, 2.75) is 4.75 Å². The summed E-state index contributed by atoms with van der Waals surface area (Å²) in [7, 11) is -5.11. The third kappa shape index (κ3) is 3.65. The Labute approximate surface area is 186 Å². The van der Waals surface area contributed by atoms with Crippen LogP contribution in [0.2, 0.25) is 20.1 Å². The second-order valence-electron chi connectivity index (χ2n) is 6.09. The molecular formula is C19H12Cl4O5S. The van der Waals surface area contributed by atoms with Crippen molar-refractivity contribution < 1.29 is 23.2 Å². The number of phenols is 2. The summed E-state index contributed by atoms with van der Waals surface area (Å²) < 4.78 is 33.9. The monoisotopic (exact) mass is 492 g/mol. The molecule has 0 radical (unpaired) electrons. The molecule has 10 heteroatoms. The van der Waals surface area contributed by atoms with E-state index in [-0.39, 0.29) is 31.2 Å². The van der Waals surface area contributed by atoms with Gasteiger partial charge in [0.1, 0.15) is 0 Å². The van der Waals surface area contributed by atoms with E-state index in [4.69, 9.17) is 46.4 Å². The third-order valence-electron chi connectivity index (χ3n) is 4.37. The van der Waals surface area contributed by atoms with E-state index in [2.05, 4.69) is 0 Å². The molecule has 1 atom stereocenters. The predicted molar refractivity (Wildman–Crippen MR) is 114 cm³/mol. The highest BCUT2D eigenvalue weighted by atomic mass is 35.5. The molecule has 152 valence electrons. The molecule has 0 aliphatic rings. The summed E-state index contributed by atoms with van der Waals surface area (Å²) in [5, 5.41) is 20.4. The Morgan fingerprint density at radius 2 is 1.28 bits per heavy atom. The first-order chi connectivity index (χ1) is 13.5. The van der Waals surface area contributed by atoms with E-state index in [1.54, 1.807) is 6.07 Å². The number of phenolic OH excluding ortho intramolecular Hbond substituents is 2. The normalized spacial score (nSPS) is 13.8. The molecule has 0 bridgehead atoms. The molecule has 3 rings (SSSR count). The molecule has 0 amide bonds. The molecule has 0 spiro atoms. The Kier molecular flexibility index (Phi) is 5.98. The zero-order valence-electron chi connectivity index (χ0n) is 14.3. The van der Waals surface area contributed by atoms with Crippen molar-refractivity contribution in [1.29, 1.82) is 0 Å². The van der Waals surface area contributed by atoms with Crippen LogP contribution >= 0.6 is 46.4 Å². The van der Waals surface area contributed by atoms with Gasteiger partial charge < -0.3 is 10.2 Å². The zero-order valence-corrected chi connectivity index (χ0v) is 18.1. The van der Waals surface area contributed by atoms with Gasteiger partial charge >= 0.3 is 0 Å². The van der Waals surface area contributed by atoms with Crippen LogP contribution in [0.4, 0.5) is 0 Å². The van der Waals surface area contributed by atoms with Crippen LogP contribution in [-0.2, 0) is 14.9 Å². The smallest absolute Gasteiger partial charge is 0.283 e. The van der Waals surface area contributed by atoms with E-state index in [1.165, 1.54) is 42.5 Å². The van der Waals surface area contributed by atoms with E-state index < -0.39 is 31.9 Å². The molecule has 3 aromatic rings. The van der Waals surface area contributed by atoms with Crippen molar-refractivity contribution in [3.63, 3.8) is 0 Å². The van der Waals surface area contributed by atoms with Gasteiger partial charge in [0.15, 0.2) is 16.2 Å². The zero-order chi connectivity index (χ0) is 21.6. The number of hydrogen-bond acceptors (Lipinski definition) is 4. The molecule has 1 unspecified atom stereocenters. The van der Waals surface area contributed by atoms with Crippen molar-refractivity contribution >= 4 is 56.5 Å². The summed E-state index contributed by atoms with van der Waals surface area (Å²) in [4.78, 5) is 0. The summed E-state index contributed by atoms with van der Waals surface area (Å²) in [6, 6.07) is 12.4. The number of rotatable bonds is 4. The van der Waals surface area contributed by atoms with Crippen LogP contribution in [0.3, 0.4) is 0 Å². The Balaban J connectivity index is 2.65. The quantitative estimate of drug-likeness (QED) is 0.239. The Morgan fingerprint density at radius 1 is 0.724 bits per heavy atom. The Hall–Kier alpha value is -1.67. The molecule has 0 saturated heterocycles. The maximum absolute atomic E-state index is 13.0. The van der Waals surface area contributed by atoms with Crippen molar-refractivity contribution in [3.8, 4) is 11.5 Å². The minimum Gasteiger partial charge on any atom is -0.504 e. The van der Waals surface area contributed by atoms with E-state index in [0.29, 0.717) is 0 Å².